The first kappa shape index (κ1) is 36.6. The van der Waals surface area contributed by atoms with Crippen LogP contribution in [0.1, 0.15) is 28.5 Å². The summed E-state index contributed by atoms with van der Waals surface area (Å²) in [6.07, 6.45) is -8.36. The van der Waals surface area contributed by atoms with Crippen LogP contribution in [0, 0.1) is 6.92 Å². The quantitative estimate of drug-likeness (QED) is 0.0723. The van der Waals surface area contributed by atoms with Gasteiger partial charge in [0.1, 0.15) is 47.9 Å². The molecule has 264 valence electrons. The fourth-order valence-corrected chi connectivity index (χ4v) is 7.55. The summed E-state index contributed by atoms with van der Waals surface area (Å²) in [6, 6.07) is 2.59. The Hall–Kier alpha value is -2.66. The Morgan fingerprint density at radius 3 is 2.23 bits per heavy atom. The maximum atomic E-state index is 12.6. The molecule has 2 aliphatic heterocycles. The Kier molecular flexibility index (Phi) is 10.6. The van der Waals surface area contributed by atoms with Crippen LogP contribution in [0.15, 0.2) is 37.2 Å². The highest BCUT2D eigenvalue weighted by atomic mass is 31.3. The molecule has 23 nitrogen and oxygen atoms in total. The summed E-state index contributed by atoms with van der Waals surface area (Å²) in [5.41, 5.74) is 0.667. The molecule has 0 spiro atoms. The van der Waals surface area contributed by atoms with Gasteiger partial charge in [0.15, 0.2) is 30.4 Å². The SMILES string of the molecule is Cc1ncnc2c1ncn2[C@@H]1O[C@H](COP(=O)(O)OP(=O)(O)OCC2OC([n+]3cccc(C(=O)O)c3)[C@H](O)[C@@H]2O)[C@@H](O)[C@H]1OP(=O)(O)O. The summed E-state index contributed by atoms with van der Waals surface area (Å²) >= 11 is 0. The van der Waals surface area contributed by atoms with Crippen LogP contribution in [-0.2, 0) is 41.1 Å². The van der Waals surface area contributed by atoms with Crippen LogP contribution >= 0.6 is 23.5 Å². The van der Waals surface area contributed by atoms with E-state index >= 15 is 0 Å². The second-order valence-electron chi connectivity index (χ2n) is 10.4. The fourth-order valence-electron chi connectivity index (χ4n) is 4.91. The van der Waals surface area contributed by atoms with Crippen LogP contribution in [0.5, 0.6) is 0 Å². The highest BCUT2D eigenvalue weighted by molar-refractivity contribution is 7.61. The Balaban J connectivity index is 1.21. The van der Waals surface area contributed by atoms with E-state index in [9.17, 15) is 58.5 Å². The van der Waals surface area contributed by atoms with Crippen molar-refractivity contribution in [3.8, 4) is 0 Å². The molecule has 8 N–H and O–H groups in total. The van der Waals surface area contributed by atoms with Crippen molar-refractivity contribution in [2.24, 2.45) is 0 Å². The van der Waals surface area contributed by atoms with Gasteiger partial charge in [-0.15, -0.1) is 0 Å². The molecule has 0 aromatic carbocycles. The van der Waals surface area contributed by atoms with Gasteiger partial charge in [-0.3, -0.25) is 18.1 Å². The number of hydrogen-bond donors (Lipinski definition) is 8. The van der Waals surface area contributed by atoms with Crippen molar-refractivity contribution in [1.82, 2.24) is 19.5 Å². The average Bonchev–Trinajstić information content (AvgIpc) is 3.64. The number of phosphoric acid groups is 3. The Bertz CT molecular complexity index is 1810. The van der Waals surface area contributed by atoms with Crippen LogP contribution in [0.2, 0.25) is 0 Å². The molecule has 2 aliphatic rings. The predicted molar refractivity (Wildman–Crippen MR) is 149 cm³/mol. The van der Waals surface area contributed by atoms with Gasteiger partial charge in [-0.25, -0.2) is 33.4 Å². The van der Waals surface area contributed by atoms with E-state index < -0.39 is 91.7 Å². The number of fused-ring (bicyclic) bond motifs is 1. The largest absolute Gasteiger partial charge is 0.481 e. The van der Waals surface area contributed by atoms with Crippen molar-refractivity contribution in [2.75, 3.05) is 13.2 Å². The van der Waals surface area contributed by atoms with Gasteiger partial charge < -0.3 is 49.5 Å². The molecule has 2 fully saturated rings. The van der Waals surface area contributed by atoms with Crippen molar-refractivity contribution in [2.45, 2.75) is 56.0 Å². The Morgan fingerprint density at radius 2 is 1.60 bits per heavy atom. The molecule has 3 aromatic heterocycles. The molecule has 26 heteroatoms. The third-order valence-corrected chi connectivity index (χ3v) is 10.2. The number of carbonyl (C=O) groups is 1. The van der Waals surface area contributed by atoms with E-state index in [0.717, 1.165) is 10.8 Å². The molecule has 48 heavy (non-hydrogen) atoms. The minimum absolute atomic E-state index is 0.123. The van der Waals surface area contributed by atoms with Gasteiger partial charge in [-0.05, 0) is 13.0 Å². The van der Waals surface area contributed by atoms with E-state index in [1.807, 2.05) is 0 Å². The number of pyridine rings is 1. The van der Waals surface area contributed by atoms with Gasteiger partial charge in [-0.1, -0.05) is 0 Å². The van der Waals surface area contributed by atoms with Gasteiger partial charge >= 0.3 is 29.4 Å². The summed E-state index contributed by atoms with van der Waals surface area (Å²) in [6.45, 7) is -0.422. The number of carboxylic acids is 1. The molecule has 5 heterocycles. The van der Waals surface area contributed by atoms with Crippen molar-refractivity contribution in [1.29, 1.82) is 0 Å². The van der Waals surface area contributed by atoms with Crippen molar-refractivity contribution in [3.63, 3.8) is 0 Å². The van der Waals surface area contributed by atoms with E-state index in [0.29, 0.717) is 5.69 Å². The first-order valence-corrected chi connectivity index (χ1v) is 18.0. The lowest BCUT2D eigenvalue weighted by Crippen LogP contribution is -2.46. The fraction of sp³-hybridized carbons (Fsp3) is 0.500. The third-order valence-electron chi connectivity index (χ3n) is 7.10. The summed E-state index contributed by atoms with van der Waals surface area (Å²) in [7, 11) is -16.2. The van der Waals surface area contributed by atoms with Crippen molar-refractivity contribution in [3.05, 3.63) is 48.4 Å². The van der Waals surface area contributed by atoms with E-state index in [1.54, 1.807) is 6.92 Å². The average molecular weight is 744 g/mol. The summed E-state index contributed by atoms with van der Waals surface area (Å²) < 4.78 is 68.4. The zero-order chi connectivity index (χ0) is 35.2. The lowest BCUT2D eigenvalue weighted by atomic mass is 10.1. The summed E-state index contributed by atoms with van der Waals surface area (Å²) in [5.74, 6) is -1.29. The van der Waals surface area contributed by atoms with Gasteiger partial charge in [-0.2, -0.15) is 8.88 Å². The van der Waals surface area contributed by atoms with Crippen LogP contribution < -0.4 is 4.57 Å². The Morgan fingerprint density at radius 1 is 0.958 bits per heavy atom. The van der Waals surface area contributed by atoms with E-state index in [4.69, 9.17) is 18.5 Å². The lowest BCUT2D eigenvalue weighted by molar-refractivity contribution is -0.765. The standard InChI is InChI=1S/C22H28N5O18P3/c1-10-14-19(24-8-23-10)27(9-25-14)21-18(44-46(33,34)35)16(29)13(43-21)7-41-48(38,39)45-47(36,37)40-6-12-15(28)17(30)20(42-12)26-4-2-3-11(5-26)22(31)32/h2-5,8-9,12-13,15-18,20-21,28-30H,6-7H2,1H3,(H4-,31,32,33,34,35,36,37,38,39)/p+1/t12?,13-,15-,16-,17-,18-,20?,21-/m1/s1. The highest BCUT2D eigenvalue weighted by Gasteiger charge is 2.51. The normalized spacial score (nSPS) is 30.3. The molecule has 0 radical (unpaired) electrons. The number of aliphatic hydroxyl groups excluding tert-OH is 3. The first-order valence-electron chi connectivity index (χ1n) is 13.5. The molecule has 0 amide bonds. The summed E-state index contributed by atoms with van der Waals surface area (Å²) in [5, 5.41) is 40.7. The van der Waals surface area contributed by atoms with E-state index in [2.05, 4.69) is 23.8 Å². The number of nitrogens with zero attached hydrogens (tertiary/aromatic N) is 5. The zero-order valence-corrected chi connectivity index (χ0v) is 26.9. The number of phosphoric ester groups is 3. The predicted octanol–water partition coefficient (Wildman–Crippen LogP) is -1.57. The van der Waals surface area contributed by atoms with Gasteiger partial charge in [0.2, 0.25) is 0 Å². The van der Waals surface area contributed by atoms with Crippen LogP contribution in [-0.4, -0.2) is 115 Å². The molecule has 0 saturated carbocycles. The maximum absolute atomic E-state index is 12.6. The number of aliphatic hydroxyl groups is 3. The number of imidazole rings is 1. The molecule has 5 rings (SSSR count). The third kappa shape index (κ3) is 8.20. The number of aromatic nitrogens is 5. The topological polar surface area (TPSA) is 333 Å². The van der Waals surface area contributed by atoms with Crippen LogP contribution in [0.3, 0.4) is 0 Å². The minimum Gasteiger partial charge on any atom is -0.477 e. The van der Waals surface area contributed by atoms with Crippen LogP contribution in [0.25, 0.3) is 11.2 Å². The second-order valence-corrected chi connectivity index (χ2v) is 14.6. The zero-order valence-electron chi connectivity index (χ0n) is 24.2. The molecule has 10 atom stereocenters. The molecule has 0 aliphatic carbocycles. The Labute approximate surface area is 268 Å². The number of aromatic carboxylic acids is 1. The van der Waals surface area contributed by atoms with E-state index in [1.165, 1.54) is 35.6 Å². The number of hydrogen-bond acceptors (Lipinski definition) is 16. The molecule has 3 aromatic rings. The van der Waals surface area contributed by atoms with Crippen molar-refractivity contribution < 1.29 is 90.4 Å². The monoisotopic (exact) mass is 744 g/mol. The van der Waals surface area contributed by atoms with E-state index in [-0.39, 0.29) is 16.7 Å². The van der Waals surface area contributed by atoms with Crippen molar-refractivity contribution >= 4 is 40.6 Å². The van der Waals surface area contributed by atoms with Gasteiger partial charge in [0.25, 0.3) is 6.23 Å². The number of rotatable bonds is 13. The smallest absolute Gasteiger partial charge is 0.477 e. The lowest BCUT2D eigenvalue weighted by Gasteiger charge is -2.22. The van der Waals surface area contributed by atoms with Gasteiger partial charge in [0.05, 0.1) is 25.2 Å². The first-order chi connectivity index (χ1) is 22.4. The molecular weight excluding hydrogens is 715 g/mol. The molecule has 0 bridgehead atoms. The summed E-state index contributed by atoms with van der Waals surface area (Å²) in [4.78, 5) is 62.4. The number of carboxylic acid groups (broad SMARTS) is 1. The second kappa shape index (κ2) is 13.9. The highest BCUT2D eigenvalue weighted by Crippen LogP contribution is 2.61. The molecule has 4 unspecified atom stereocenters. The van der Waals surface area contributed by atoms with Crippen LogP contribution in [0.4, 0.5) is 0 Å². The van der Waals surface area contributed by atoms with Gasteiger partial charge in [0, 0.05) is 6.07 Å². The molecule has 2 saturated heterocycles. The minimum atomic E-state index is -5.52. The number of ether oxygens (including phenoxy) is 2. The maximum Gasteiger partial charge on any atom is 0.481 e. The number of aryl methyl sites for hydroxylation is 1. The molecular formula is C22H29N5O18P3+.